The van der Waals surface area contributed by atoms with Gasteiger partial charge in [0.25, 0.3) is 0 Å². The third-order valence-electron chi connectivity index (χ3n) is 4.60. The van der Waals surface area contributed by atoms with Crippen molar-refractivity contribution >= 4 is 21.7 Å². The van der Waals surface area contributed by atoms with Gasteiger partial charge < -0.3 is 15.0 Å². The minimum Gasteiger partial charge on any atom is -0.376 e. The lowest BCUT2D eigenvalue weighted by molar-refractivity contribution is 0.111. The number of ether oxygens (including phenoxy) is 1. The first-order valence-corrected chi connectivity index (χ1v) is 9.92. The van der Waals surface area contributed by atoms with Crippen LogP contribution in [0.15, 0.2) is 18.2 Å². The van der Waals surface area contributed by atoms with Gasteiger partial charge in [0.15, 0.2) is 0 Å². The van der Waals surface area contributed by atoms with Crippen LogP contribution < -0.4 is 5.32 Å². The van der Waals surface area contributed by atoms with Crippen molar-refractivity contribution in [3.05, 3.63) is 29.3 Å². The number of carbonyl (C=O) groups excluding carboxylic acids is 1. The molecule has 1 atom stereocenters. The number of amides is 2. The molecule has 1 unspecified atom stereocenters. The zero-order valence-electron chi connectivity index (χ0n) is 14.0. The van der Waals surface area contributed by atoms with Gasteiger partial charge in [0, 0.05) is 36.9 Å². The minimum absolute atomic E-state index is 0.177. The summed E-state index contributed by atoms with van der Waals surface area (Å²) in [6.45, 7) is 4.10. The van der Waals surface area contributed by atoms with Crippen LogP contribution in [0.5, 0.6) is 0 Å². The van der Waals surface area contributed by atoms with Crippen LogP contribution in [-0.2, 0) is 27.8 Å². The maximum absolute atomic E-state index is 12.6. The number of rotatable bonds is 2. The summed E-state index contributed by atoms with van der Waals surface area (Å²) in [6, 6.07) is 5.49. The van der Waals surface area contributed by atoms with E-state index in [9.17, 15) is 13.2 Å². The largest absolute Gasteiger partial charge is 0.376 e. The molecule has 1 aromatic carbocycles. The Labute approximate surface area is 142 Å². The summed E-state index contributed by atoms with van der Waals surface area (Å²) in [5.74, 6) is 0. The van der Waals surface area contributed by atoms with Gasteiger partial charge in [0.1, 0.15) is 0 Å². The molecule has 0 aromatic heterocycles. The Hall–Kier alpha value is -1.64. The van der Waals surface area contributed by atoms with Gasteiger partial charge in [-0.2, -0.15) is 4.31 Å². The smallest absolute Gasteiger partial charge is 0.322 e. The molecule has 0 bridgehead atoms. The second-order valence-electron chi connectivity index (χ2n) is 6.34. The predicted molar refractivity (Wildman–Crippen MR) is 91.4 cm³/mol. The first kappa shape index (κ1) is 17.2. The molecule has 1 N–H and O–H groups in total. The fourth-order valence-electron chi connectivity index (χ4n) is 3.23. The van der Waals surface area contributed by atoms with Gasteiger partial charge in [0.05, 0.1) is 19.5 Å². The summed E-state index contributed by atoms with van der Waals surface area (Å²) >= 11 is 0. The lowest BCUT2D eigenvalue weighted by Crippen LogP contribution is -2.56. The van der Waals surface area contributed by atoms with Gasteiger partial charge in [-0.05, 0) is 25.0 Å². The third-order valence-corrected chi connectivity index (χ3v) is 5.87. The van der Waals surface area contributed by atoms with Crippen molar-refractivity contribution in [1.82, 2.24) is 9.21 Å². The van der Waals surface area contributed by atoms with Crippen LogP contribution in [0.4, 0.5) is 10.5 Å². The molecular formula is C16H23N3O4S. The molecular weight excluding hydrogens is 330 g/mol. The van der Waals surface area contributed by atoms with E-state index in [-0.39, 0.29) is 12.1 Å². The van der Waals surface area contributed by atoms with Crippen molar-refractivity contribution in [1.29, 1.82) is 0 Å². The molecule has 24 heavy (non-hydrogen) atoms. The van der Waals surface area contributed by atoms with E-state index in [0.717, 1.165) is 17.7 Å². The monoisotopic (exact) mass is 353 g/mol. The standard InChI is InChI=1S/C16H23N3O4S/c1-12-10-18(24(2,21)22)7-8-19(12)16(20)17-15-5-3-4-13-6-9-23-11-14(13)15/h3-5,12H,6-11H2,1-2H3,(H,17,20). The highest BCUT2D eigenvalue weighted by Gasteiger charge is 2.31. The zero-order valence-corrected chi connectivity index (χ0v) is 14.8. The molecule has 8 heteroatoms. The van der Waals surface area contributed by atoms with Crippen molar-refractivity contribution in [2.24, 2.45) is 0 Å². The Bertz CT molecular complexity index is 735. The number of hydrogen-bond donors (Lipinski definition) is 1. The minimum atomic E-state index is -3.22. The predicted octanol–water partition coefficient (Wildman–Crippen LogP) is 1.26. The fraction of sp³-hybridized carbons (Fsp3) is 0.562. The zero-order chi connectivity index (χ0) is 17.3. The number of urea groups is 1. The Morgan fingerprint density at radius 2 is 2.12 bits per heavy atom. The van der Waals surface area contributed by atoms with E-state index in [1.807, 2.05) is 19.1 Å². The van der Waals surface area contributed by atoms with Crippen molar-refractivity contribution in [2.45, 2.75) is 26.0 Å². The Kier molecular flexibility index (Phi) is 4.80. The van der Waals surface area contributed by atoms with Gasteiger partial charge in [-0.15, -0.1) is 0 Å². The molecule has 1 saturated heterocycles. The van der Waals surface area contributed by atoms with E-state index < -0.39 is 10.0 Å². The first-order valence-electron chi connectivity index (χ1n) is 8.07. The lowest BCUT2D eigenvalue weighted by atomic mass is 10.0. The molecule has 7 nitrogen and oxygen atoms in total. The Balaban J connectivity index is 1.70. The second kappa shape index (κ2) is 6.70. The summed E-state index contributed by atoms with van der Waals surface area (Å²) in [4.78, 5) is 14.3. The fourth-order valence-corrected chi connectivity index (χ4v) is 4.13. The summed E-state index contributed by atoms with van der Waals surface area (Å²) < 4.78 is 30.2. The molecule has 0 saturated carbocycles. The van der Waals surface area contributed by atoms with Gasteiger partial charge in [-0.3, -0.25) is 0 Å². The highest BCUT2D eigenvalue weighted by Crippen LogP contribution is 2.25. The van der Waals surface area contributed by atoms with Crippen LogP contribution in [0.3, 0.4) is 0 Å². The van der Waals surface area contributed by atoms with Crippen LogP contribution in [0.1, 0.15) is 18.1 Å². The van der Waals surface area contributed by atoms with Crippen molar-refractivity contribution < 1.29 is 17.9 Å². The maximum Gasteiger partial charge on any atom is 0.322 e. The molecule has 1 fully saturated rings. The highest BCUT2D eigenvalue weighted by molar-refractivity contribution is 7.88. The molecule has 0 spiro atoms. The number of piperazine rings is 1. The molecule has 3 rings (SSSR count). The molecule has 132 valence electrons. The van der Waals surface area contributed by atoms with Crippen LogP contribution >= 0.6 is 0 Å². The van der Waals surface area contributed by atoms with E-state index >= 15 is 0 Å². The van der Waals surface area contributed by atoms with Crippen molar-refractivity contribution in [3.63, 3.8) is 0 Å². The normalized spacial score (nSPS) is 22.1. The molecule has 2 aliphatic rings. The van der Waals surface area contributed by atoms with E-state index in [4.69, 9.17) is 4.74 Å². The summed E-state index contributed by atoms with van der Waals surface area (Å²) in [5, 5.41) is 2.96. The number of nitrogens with zero attached hydrogens (tertiary/aromatic N) is 2. The van der Waals surface area contributed by atoms with E-state index in [1.54, 1.807) is 4.90 Å². The van der Waals surface area contributed by atoms with E-state index in [0.29, 0.717) is 32.8 Å². The number of carbonyl (C=O) groups is 1. The van der Waals surface area contributed by atoms with Gasteiger partial charge in [-0.1, -0.05) is 12.1 Å². The van der Waals surface area contributed by atoms with E-state index in [1.165, 1.54) is 16.1 Å². The van der Waals surface area contributed by atoms with Crippen LogP contribution in [-0.4, -0.2) is 62.2 Å². The van der Waals surface area contributed by atoms with E-state index in [2.05, 4.69) is 11.4 Å². The SMILES string of the molecule is CC1CN(S(C)(=O)=O)CCN1C(=O)Nc1cccc2c1COCC2. The summed E-state index contributed by atoms with van der Waals surface area (Å²) in [6.07, 6.45) is 2.05. The quantitative estimate of drug-likeness (QED) is 0.868. The molecule has 1 aromatic rings. The Morgan fingerprint density at radius 3 is 2.83 bits per heavy atom. The topological polar surface area (TPSA) is 79.0 Å². The summed E-state index contributed by atoms with van der Waals surface area (Å²) in [7, 11) is -3.22. The van der Waals surface area contributed by atoms with Crippen molar-refractivity contribution in [3.8, 4) is 0 Å². The molecule has 2 aliphatic heterocycles. The average Bonchev–Trinajstić information content (AvgIpc) is 2.54. The molecule has 2 heterocycles. The Morgan fingerprint density at radius 1 is 1.33 bits per heavy atom. The lowest BCUT2D eigenvalue weighted by Gasteiger charge is -2.38. The molecule has 2 amide bonds. The van der Waals surface area contributed by atoms with Gasteiger partial charge >= 0.3 is 6.03 Å². The van der Waals surface area contributed by atoms with Crippen LogP contribution in [0, 0.1) is 0 Å². The molecule has 0 aliphatic carbocycles. The number of nitrogens with one attached hydrogen (secondary N) is 1. The maximum atomic E-state index is 12.6. The number of hydrogen-bond acceptors (Lipinski definition) is 4. The van der Waals surface area contributed by atoms with Crippen molar-refractivity contribution in [2.75, 3.05) is 37.8 Å². The molecule has 0 radical (unpaired) electrons. The first-order chi connectivity index (χ1) is 11.4. The number of benzene rings is 1. The third kappa shape index (κ3) is 3.55. The van der Waals surface area contributed by atoms with Crippen LogP contribution in [0.2, 0.25) is 0 Å². The number of anilines is 1. The highest BCUT2D eigenvalue weighted by atomic mass is 32.2. The summed E-state index contributed by atoms with van der Waals surface area (Å²) in [5.41, 5.74) is 3.00. The van der Waals surface area contributed by atoms with Gasteiger partial charge in [0.2, 0.25) is 10.0 Å². The van der Waals surface area contributed by atoms with Gasteiger partial charge in [-0.25, -0.2) is 13.2 Å². The second-order valence-corrected chi connectivity index (χ2v) is 8.32. The number of sulfonamides is 1. The van der Waals surface area contributed by atoms with Crippen LogP contribution in [0.25, 0.3) is 0 Å². The average molecular weight is 353 g/mol. The number of fused-ring (bicyclic) bond motifs is 1.